The molecule has 2 heterocycles. The molecule has 2 spiro atoms. The smallest absolute Gasteiger partial charge is 0.197 e. The lowest BCUT2D eigenvalue weighted by molar-refractivity contribution is 0.0975. The van der Waals surface area contributed by atoms with Gasteiger partial charge in [-0.2, -0.15) is 0 Å². The molecule has 0 N–H and O–H groups in total. The van der Waals surface area contributed by atoms with Gasteiger partial charge in [0.25, 0.3) is 0 Å². The van der Waals surface area contributed by atoms with Gasteiger partial charge in [0.1, 0.15) is 0 Å². The number of allylic oxidation sites excluding steroid dienone is 2. The molecule has 6 heteroatoms. The molecule has 0 bridgehead atoms. The molecule has 290 valence electrons. The molecule has 5 aromatic carbocycles. The van der Waals surface area contributed by atoms with E-state index in [9.17, 15) is 19.2 Å². The van der Waals surface area contributed by atoms with Crippen molar-refractivity contribution in [1.82, 2.24) is 0 Å². The molecule has 6 aliphatic carbocycles. The van der Waals surface area contributed by atoms with Crippen molar-refractivity contribution in [3.63, 3.8) is 0 Å². The number of thiophene rings is 2. The number of rotatable bonds is 2. The Morgan fingerprint density at radius 3 is 1.05 bits per heavy atom. The van der Waals surface area contributed by atoms with E-state index in [0.29, 0.717) is 22.3 Å². The Hall–Kier alpha value is -5.82. The Morgan fingerprint density at radius 1 is 0.383 bits per heavy atom. The van der Waals surface area contributed by atoms with Crippen molar-refractivity contribution in [2.75, 3.05) is 0 Å². The highest BCUT2D eigenvalue weighted by atomic mass is 32.1. The molecule has 0 aliphatic heterocycles. The van der Waals surface area contributed by atoms with Crippen molar-refractivity contribution < 1.29 is 19.2 Å². The van der Waals surface area contributed by atoms with E-state index in [0.717, 1.165) is 82.7 Å². The van der Waals surface area contributed by atoms with Gasteiger partial charge in [0.05, 0.1) is 11.1 Å². The first-order valence-corrected chi connectivity index (χ1v) is 23.1. The maximum atomic E-state index is 13.8. The largest absolute Gasteiger partial charge is 0.288 e. The van der Waals surface area contributed by atoms with Crippen LogP contribution in [0.3, 0.4) is 0 Å². The van der Waals surface area contributed by atoms with Crippen molar-refractivity contribution in [2.45, 2.75) is 75.0 Å². The summed E-state index contributed by atoms with van der Waals surface area (Å²) < 4.78 is 0. The highest BCUT2D eigenvalue weighted by molar-refractivity contribution is 7.17. The molecule has 0 amide bonds. The number of benzene rings is 5. The third kappa shape index (κ3) is 4.61. The van der Waals surface area contributed by atoms with Crippen LogP contribution in [-0.2, 0) is 10.8 Å². The summed E-state index contributed by atoms with van der Waals surface area (Å²) in [6.45, 7) is 0. The highest BCUT2D eigenvalue weighted by Crippen LogP contribution is 2.64. The summed E-state index contributed by atoms with van der Waals surface area (Å²) in [5, 5.41) is 3.87. The van der Waals surface area contributed by atoms with Gasteiger partial charge in [-0.3, -0.25) is 19.2 Å². The third-order valence-corrected chi connectivity index (χ3v) is 17.2. The van der Waals surface area contributed by atoms with Crippen LogP contribution in [0.1, 0.15) is 138 Å². The van der Waals surface area contributed by atoms with Crippen LogP contribution < -0.4 is 0 Å². The van der Waals surface area contributed by atoms with Crippen LogP contribution in [0.2, 0.25) is 0 Å². The lowest BCUT2D eigenvalue weighted by Gasteiger charge is -2.37. The lowest BCUT2D eigenvalue weighted by atomic mass is 9.66. The van der Waals surface area contributed by atoms with Crippen LogP contribution >= 0.6 is 22.7 Å². The van der Waals surface area contributed by atoms with Gasteiger partial charge in [-0.25, -0.2) is 0 Å². The zero-order valence-corrected chi connectivity index (χ0v) is 34.5. The van der Waals surface area contributed by atoms with Gasteiger partial charge in [0.2, 0.25) is 0 Å². The summed E-state index contributed by atoms with van der Waals surface area (Å²) in [5.74, 6) is -0.722. The SMILES string of the molecule is O=C1C(=Cc2cc3c(s2)-c2cc4c(cc2C32CCCCC2)-c2sc(C=C3C(=O)c5cc6ccccc6cc5C3=O)cc2C42CCCCC2)C(=O)c2cc3ccccc3cc21. The number of carbonyl (C=O) groups is 4. The quantitative estimate of drug-likeness (QED) is 0.129. The van der Waals surface area contributed by atoms with Crippen molar-refractivity contribution in [1.29, 1.82) is 0 Å². The second kappa shape index (κ2) is 12.4. The van der Waals surface area contributed by atoms with Crippen LogP contribution in [0.15, 0.2) is 108 Å². The fourth-order valence-electron chi connectivity index (χ4n) is 12.1. The Bertz CT molecular complexity index is 2910. The van der Waals surface area contributed by atoms with E-state index in [2.05, 4.69) is 24.3 Å². The zero-order valence-electron chi connectivity index (χ0n) is 32.9. The normalized spacial score (nSPS) is 19.0. The van der Waals surface area contributed by atoms with Crippen molar-refractivity contribution >= 4 is 79.5 Å². The standard InChI is InChI=1S/C54H38O4S2/c55-47-35-19-29-11-3-4-12-30(29)20-36(35)48(56)41(47)23-33-25-45-51(59-33)39-28-44-40(27-43(39)53(45)15-7-1-8-16-53)52-46(54(44)17-9-2-10-18-54)26-34(60-52)24-42-49(57)37-21-31-13-5-6-14-32(31)22-38(37)50(42)58/h3-6,11-14,19-28H,1-2,7-10,15-18H2. The summed E-state index contributed by atoms with van der Waals surface area (Å²) in [6, 6.07) is 33.0. The maximum absolute atomic E-state index is 13.8. The first-order chi connectivity index (χ1) is 29.3. The average Bonchev–Trinajstić information content (AvgIpc) is 4.09. The molecular weight excluding hydrogens is 777 g/mol. The monoisotopic (exact) mass is 814 g/mol. The number of fused-ring (bicyclic) bond motifs is 14. The fourth-order valence-corrected chi connectivity index (χ4v) is 14.5. The number of hydrogen-bond acceptors (Lipinski definition) is 6. The Kier molecular flexibility index (Phi) is 7.21. The molecule has 0 saturated heterocycles. The number of ketones is 4. The molecule has 6 aliphatic rings. The molecule has 2 fully saturated rings. The summed E-state index contributed by atoms with van der Waals surface area (Å²) >= 11 is 3.47. The van der Waals surface area contributed by atoms with Gasteiger partial charge in [-0.05, 0) is 141 Å². The fraction of sp³-hybridized carbons (Fsp3) is 0.222. The molecule has 2 aromatic heterocycles. The van der Waals surface area contributed by atoms with Crippen molar-refractivity contribution in [3.8, 4) is 20.9 Å². The molecule has 13 rings (SSSR count). The summed E-state index contributed by atoms with van der Waals surface area (Å²) in [6.07, 6.45) is 15.1. The van der Waals surface area contributed by atoms with Crippen LogP contribution in [0.4, 0.5) is 0 Å². The molecule has 0 radical (unpaired) electrons. The maximum Gasteiger partial charge on any atom is 0.197 e. The van der Waals surface area contributed by atoms with Gasteiger partial charge >= 0.3 is 0 Å². The van der Waals surface area contributed by atoms with Gasteiger partial charge in [-0.1, -0.05) is 87.1 Å². The third-order valence-electron chi connectivity index (χ3n) is 14.9. The van der Waals surface area contributed by atoms with E-state index in [4.69, 9.17) is 0 Å². The predicted octanol–water partition coefficient (Wildman–Crippen LogP) is 13.5. The number of Topliss-reactive ketones (excluding diaryl/α,β-unsaturated/α-hetero) is 4. The van der Waals surface area contributed by atoms with Crippen molar-refractivity contribution in [2.24, 2.45) is 0 Å². The minimum Gasteiger partial charge on any atom is -0.288 e. The lowest BCUT2D eigenvalue weighted by Crippen LogP contribution is -2.29. The van der Waals surface area contributed by atoms with E-state index in [-0.39, 0.29) is 45.1 Å². The second-order valence-corrected chi connectivity index (χ2v) is 20.1. The van der Waals surface area contributed by atoms with Gasteiger partial charge in [-0.15, -0.1) is 22.7 Å². The summed E-state index contributed by atoms with van der Waals surface area (Å²) in [4.78, 5) is 59.9. The minimum absolute atomic E-state index is 0.113. The van der Waals surface area contributed by atoms with Gasteiger partial charge in [0.15, 0.2) is 23.1 Å². The topological polar surface area (TPSA) is 68.3 Å². The second-order valence-electron chi connectivity index (χ2n) is 17.9. The van der Waals surface area contributed by atoms with Crippen LogP contribution in [0.5, 0.6) is 0 Å². The molecule has 4 nitrogen and oxygen atoms in total. The molecule has 0 unspecified atom stereocenters. The first kappa shape index (κ1) is 35.0. The Balaban J connectivity index is 0.924. The van der Waals surface area contributed by atoms with E-state index in [1.54, 1.807) is 22.7 Å². The molecule has 0 atom stereocenters. The molecular formula is C54H38O4S2. The Morgan fingerprint density at radius 2 is 0.717 bits per heavy atom. The van der Waals surface area contributed by atoms with Crippen molar-refractivity contribution in [3.05, 3.63) is 162 Å². The zero-order chi connectivity index (χ0) is 40.1. The number of hydrogen-bond donors (Lipinski definition) is 0. The van der Waals surface area contributed by atoms with Gasteiger partial charge < -0.3 is 0 Å². The Labute approximate surface area is 355 Å². The highest BCUT2D eigenvalue weighted by Gasteiger charge is 2.50. The predicted molar refractivity (Wildman–Crippen MR) is 242 cm³/mol. The van der Waals surface area contributed by atoms with Crippen LogP contribution in [0, 0.1) is 0 Å². The van der Waals surface area contributed by atoms with E-state index >= 15 is 0 Å². The number of carbonyl (C=O) groups excluding carboxylic acids is 4. The summed E-state index contributed by atoms with van der Waals surface area (Å²) in [5.41, 5.74) is 10.5. The van der Waals surface area contributed by atoms with Gasteiger partial charge in [0, 0.05) is 52.6 Å². The van der Waals surface area contributed by atoms with E-state index in [1.807, 2.05) is 84.9 Å². The van der Waals surface area contributed by atoms with Crippen LogP contribution in [0.25, 0.3) is 54.6 Å². The molecule has 7 aromatic rings. The summed E-state index contributed by atoms with van der Waals surface area (Å²) in [7, 11) is 0. The van der Waals surface area contributed by atoms with E-state index in [1.165, 1.54) is 56.0 Å². The average molecular weight is 815 g/mol. The van der Waals surface area contributed by atoms with E-state index < -0.39 is 0 Å². The molecule has 60 heavy (non-hydrogen) atoms. The first-order valence-electron chi connectivity index (χ1n) is 21.5. The van der Waals surface area contributed by atoms with Crippen LogP contribution in [-0.4, -0.2) is 23.1 Å². The molecule has 2 saturated carbocycles. The minimum atomic E-state index is -0.180.